The highest BCUT2D eigenvalue weighted by molar-refractivity contribution is 9.08. The molecule has 32 heavy (non-hydrogen) atoms. The SMILES string of the molecule is CCn1cc(-c2cc(CBr)cc3c2CCN(Cc2cc(C)nn2C)C3=O)c(C(F)(F)F)n1. The van der Waals surface area contributed by atoms with Crippen LogP contribution in [0.2, 0.25) is 0 Å². The molecule has 0 unspecified atom stereocenters. The number of fused-ring (bicyclic) bond motifs is 1. The first kappa shape index (κ1) is 22.6. The number of alkyl halides is 4. The molecular formula is C22H23BrF3N5O. The average Bonchev–Trinajstić information content (AvgIpc) is 3.32. The van der Waals surface area contributed by atoms with Crippen LogP contribution in [-0.4, -0.2) is 36.9 Å². The fraction of sp³-hybridized carbons (Fsp3) is 0.409. The Bertz CT molecular complexity index is 1180. The maximum atomic E-state index is 13.8. The number of halogens is 4. The molecule has 1 amide bonds. The monoisotopic (exact) mass is 509 g/mol. The van der Waals surface area contributed by atoms with Crippen molar-refractivity contribution in [1.29, 1.82) is 0 Å². The van der Waals surface area contributed by atoms with Crippen molar-refractivity contribution in [2.24, 2.45) is 7.05 Å². The van der Waals surface area contributed by atoms with Gasteiger partial charge in [0, 0.05) is 42.8 Å². The van der Waals surface area contributed by atoms with E-state index in [0.29, 0.717) is 48.1 Å². The average molecular weight is 510 g/mol. The first-order valence-corrected chi connectivity index (χ1v) is 11.4. The molecule has 1 aromatic carbocycles. The molecule has 0 radical (unpaired) electrons. The van der Waals surface area contributed by atoms with Crippen LogP contribution in [0.5, 0.6) is 0 Å². The Kier molecular flexibility index (Phi) is 5.91. The number of hydrogen-bond acceptors (Lipinski definition) is 3. The second-order valence-electron chi connectivity index (χ2n) is 7.93. The molecule has 3 aromatic rings. The fourth-order valence-corrected chi connectivity index (χ4v) is 4.50. The first-order chi connectivity index (χ1) is 15.1. The zero-order valence-electron chi connectivity index (χ0n) is 18.0. The normalized spacial score (nSPS) is 14.2. The van der Waals surface area contributed by atoms with Crippen LogP contribution < -0.4 is 0 Å². The molecule has 1 aliphatic heterocycles. The molecule has 0 atom stereocenters. The van der Waals surface area contributed by atoms with Crippen LogP contribution in [0, 0.1) is 6.92 Å². The van der Waals surface area contributed by atoms with Gasteiger partial charge in [0.15, 0.2) is 5.69 Å². The summed E-state index contributed by atoms with van der Waals surface area (Å²) in [6.07, 6.45) is -2.70. The van der Waals surface area contributed by atoms with Crippen LogP contribution in [-0.2, 0) is 38.1 Å². The lowest BCUT2D eigenvalue weighted by molar-refractivity contribution is -0.141. The highest BCUT2D eigenvalue weighted by Gasteiger charge is 2.39. The van der Waals surface area contributed by atoms with E-state index in [1.54, 1.807) is 28.6 Å². The maximum absolute atomic E-state index is 13.8. The van der Waals surface area contributed by atoms with Gasteiger partial charge in [0.05, 0.1) is 17.9 Å². The summed E-state index contributed by atoms with van der Waals surface area (Å²) in [5.74, 6) is -0.189. The molecule has 3 heterocycles. The molecule has 0 bridgehead atoms. The summed E-state index contributed by atoms with van der Waals surface area (Å²) in [6.45, 7) is 4.76. The molecule has 0 spiro atoms. The first-order valence-electron chi connectivity index (χ1n) is 10.3. The van der Waals surface area contributed by atoms with Gasteiger partial charge >= 0.3 is 6.18 Å². The van der Waals surface area contributed by atoms with Crippen molar-refractivity contribution < 1.29 is 18.0 Å². The summed E-state index contributed by atoms with van der Waals surface area (Å²) in [4.78, 5) is 15.1. The fourth-order valence-electron chi connectivity index (χ4n) is 4.18. The van der Waals surface area contributed by atoms with Crippen molar-refractivity contribution in [1.82, 2.24) is 24.5 Å². The Morgan fingerprint density at radius 3 is 2.44 bits per heavy atom. The minimum atomic E-state index is -4.59. The number of amides is 1. The number of carbonyl (C=O) groups is 1. The Morgan fingerprint density at radius 1 is 1.12 bits per heavy atom. The molecule has 1 aliphatic rings. The van der Waals surface area contributed by atoms with Crippen LogP contribution in [0.1, 0.15) is 45.5 Å². The Labute approximate surface area is 192 Å². The van der Waals surface area contributed by atoms with E-state index in [2.05, 4.69) is 26.1 Å². The zero-order valence-corrected chi connectivity index (χ0v) is 19.6. The number of aromatic nitrogens is 4. The van der Waals surface area contributed by atoms with Gasteiger partial charge in [-0.25, -0.2) is 0 Å². The highest BCUT2D eigenvalue weighted by atomic mass is 79.9. The quantitative estimate of drug-likeness (QED) is 0.467. The summed E-state index contributed by atoms with van der Waals surface area (Å²) in [5.41, 5.74) is 3.10. The molecule has 0 saturated carbocycles. The second kappa shape index (κ2) is 8.38. The van der Waals surface area contributed by atoms with Crippen molar-refractivity contribution in [2.45, 2.75) is 44.9 Å². The molecule has 4 rings (SSSR count). The largest absolute Gasteiger partial charge is 0.435 e. The number of hydrogen-bond donors (Lipinski definition) is 0. The van der Waals surface area contributed by atoms with Crippen LogP contribution in [0.4, 0.5) is 13.2 Å². The Hall–Kier alpha value is -2.62. The Balaban J connectivity index is 1.80. The summed E-state index contributed by atoms with van der Waals surface area (Å²) in [7, 11) is 1.83. The van der Waals surface area contributed by atoms with Gasteiger partial charge in [0.1, 0.15) is 0 Å². The van der Waals surface area contributed by atoms with Crippen LogP contribution in [0.25, 0.3) is 11.1 Å². The summed E-state index contributed by atoms with van der Waals surface area (Å²) in [5, 5.41) is 8.51. The van der Waals surface area contributed by atoms with Crippen molar-refractivity contribution in [3.05, 3.63) is 58.2 Å². The van der Waals surface area contributed by atoms with Crippen molar-refractivity contribution in [3.63, 3.8) is 0 Å². The number of rotatable bonds is 5. The van der Waals surface area contributed by atoms with Gasteiger partial charge in [-0.05, 0) is 55.2 Å². The second-order valence-corrected chi connectivity index (χ2v) is 8.49. The molecule has 10 heteroatoms. The summed E-state index contributed by atoms with van der Waals surface area (Å²) in [6, 6.07) is 5.43. The smallest absolute Gasteiger partial charge is 0.332 e. The third kappa shape index (κ3) is 4.07. The standard InChI is InChI=1S/C22H23BrF3N5O/c1-4-31-12-19(20(28-31)22(24,25)26)17-8-14(10-23)9-18-16(17)5-6-30(21(18)32)11-15-7-13(2)27-29(15)3/h7-9,12H,4-6,10-11H2,1-3H3. The highest BCUT2D eigenvalue weighted by Crippen LogP contribution is 2.40. The predicted molar refractivity (Wildman–Crippen MR) is 117 cm³/mol. The zero-order chi connectivity index (χ0) is 23.2. The van der Waals surface area contributed by atoms with Crippen molar-refractivity contribution >= 4 is 21.8 Å². The molecule has 0 fully saturated rings. The van der Waals surface area contributed by atoms with E-state index in [0.717, 1.165) is 17.0 Å². The number of carbonyl (C=O) groups excluding carboxylic acids is 1. The number of aryl methyl sites for hydroxylation is 3. The maximum Gasteiger partial charge on any atom is 0.435 e. The molecule has 0 saturated heterocycles. The summed E-state index contributed by atoms with van der Waals surface area (Å²) >= 11 is 3.39. The Morgan fingerprint density at radius 2 is 1.84 bits per heavy atom. The predicted octanol–water partition coefficient (Wildman–Crippen LogP) is 4.72. The van der Waals surface area contributed by atoms with E-state index < -0.39 is 11.9 Å². The molecule has 2 aromatic heterocycles. The van der Waals surface area contributed by atoms with Crippen molar-refractivity contribution in [3.8, 4) is 11.1 Å². The van der Waals surface area contributed by atoms with Gasteiger partial charge in [-0.3, -0.25) is 14.2 Å². The van der Waals surface area contributed by atoms with E-state index in [9.17, 15) is 18.0 Å². The molecule has 6 nitrogen and oxygen atoms in total. The summed E-state index contributed by atoms with van der Waals surface area (Å²) < 4.78 is 44.3. The van der Waals surface area contributed by atoms with Gasteiger partial charge in [-0.2, -0.15) is 23.4 Å². The number of nitrogens with zero attached hydrogens (tertiary/aromatic N) is 5. The third-order valence-electron chi connectivity index (χ3n) is 5.71. The lowest BCUT2D eigenvalue weighted by Gasteiger charge is -2.30. The molecule has 170 valence electrons. The van der Waals surface area contributed by atoms with Gasteiger partial charge in [0.2, 0.25) is 0 Å². The molecular weight excluding hydrogens is 487 g/mol. The third-order valence-corrected chi connectivity index (χ3v) is 6.36. The van der Waals surface area contributed by atoms with E-state index in [1.165, 1.54) is 10.9 Å². The molecule has 0 aliphatic carbocycles. The lowest BCUT2D eigenvalue weighted by Crippen LogP contribution is -2.38. The van der Waals surface area contributed by atoms with E-state index in [1.807, 2.05) is 20.0 Å². The van der Waals surface area contributed by atoms with Gasteiger partial charge < -0.3 is 4.90 Å². The van der Waals surface area contributed by atoms with Gasteiger partial charge in [-0.1, -0.05) is 15.9 Å². The van der Waals surface area contributed by atoms with E-state index in [-0.39, 0.29) is 11.5 Å². The van der Waals surface area contributed by atoms with Gasteiger partial charge in [0.25, 0.3) is 5.91 Å². The van der Waals surface area contributed by atoms with Gasteiger partial charge in [-0.15, -0.1) is 0 Å². The minimum absolute atomic E-state index is 0.0157. The topological polar surface area (TPSA) is 56.0 Å². The van der Waals surface area contributed by atoms with E-state index in [4.69, 9.17) is 0 Å². The number of benzene rings is 1. The minimum Gasteiger partial charge on any atom is -0.332 e. The van der Waals surface area contributed by atoms with Crippen molar-refractivity contribution in [2.75, 3.05) is 6.54 Å². The van der Waals surface area contributed by atoms with Crippen LogP contribution in [0.3, 0.4) is 0 Å². The van der Waals surface area contributed by atoms with Crippen LogP contribution in [0.15, 0.2) is 24.4 Å². The molecule has 0 N–H and O–H groups in total. The van der Waals surface area contributed by atoms with E-state index >= 15 is 0 Å². The van der Waals surface area contributed by atoms with Crippen LogP contribution >= 0.6 is 15.9 Å². The lowest BCUT2D eigenvalue weighted by atomic mass is 9.88.